The van der Waals surface area contributed by atoms with Crippen LogP contribution in [0, 0.1) is 5.82 Å². The fourth-order valence-electron chi connectivity index (χ4n) is 2.03. The molecule has 0 saturated carbocycles. The van der Waals surface area contributed by atoms with Crippen LogP contribution in [0.25, 0.3) is 10.9 Å². The van der Waals surface area contributed by atoms with E-state index in [4.69, 9.17) is 11.6 Å². The minimum absolute atomic E-state index is 0.179. The van der Waals surface area contributed by atoms with Crippen molar-refractivity contribution in [3.8, 4) is 0 Å². The Bertz CT molecular complexity index is 961. The minimum atomic E-state index is -3.92. The average molecular weight is 337 g/mol. The molecule has 1 aromatic heterocycles. The Balaban J connectivity index is 1.99. The quantitative estimate of drug-likeness (QED) is 0.790. The molecule has 0 amide bonds. The molecule has 0 fully saturated rings. The number of hydrogen-bond donors (Lipinski definition) is 1. The van der Waals surface area contributed by atoms with Gasteiger partial charge in [0.25, 0.3) is 10.0 Å². The molecule has 0 aliphatic rings. The van der Waals surface area contributed by atoms with Crippen LogP contribution in [-0.4, -0.2) is 13.4 Å². The van der Waals surface area contributed by atoms with Crippen molar-refractivity contribution in [3.05, 3.63) is 65.6 Å². The number of nitrogens with zero attached hydrogens (tertiary/aromatic N) is 1. The molecule has 1 heterocycles. The highest BCUT2D eigenvalue weighted by molar-refractivity contribution is 7.92. The highest BCUT2D eigenvalue weighted by Crippen LogP contribution is 2.25. The van der Waals surface area contributed by atoms with Crippen LogP contribution in [0.2, 0.25) is 5.02 Å². The number of anilines is 1. The number of benzene rings is 2. The molecule has 0 radical (unpaired) electrons. The Morgan fingerprint density at radius 1 is 1.09 bits per heavy atom. The Morgan fingerprint density at radius 3 is 2.64 bits per heavy atom. The average Bonchev–Trinajstić information content (AvgIpc) is 2.46. The molecule has 7 heteroatoms. The van der Waals surface area contributed by atoms with E-state index in [9.17, 15) is 12.8 Å². The van der Waals surface area contributed by atoms with E-state index in [0.717, 1.165) is 29.1 Å². The number of pyridine rings is 1. The van der Waals surface area contributed by atoms with Gasteiger partial charge in [0.2, 0.25) is 0 Å². The Kier molecular flexibility index (Phi) is 3.72. The molecule has 0 aliphatic heterocycles. The summed E-state index contributed by atoms with van der Waals surface area (Å²) in [5.41, 5.74) is 1.06. The van der Waals surface area contributed by atoms with Crippen LogP contribution in [0.15, 0.2) is 59.6 Å². The smallest absolute Gasteiger partial charge is 0.263 e. The summed E-state index contributed by atoms with van der Waals surface area (Å²) >= 11 is 5.80. The number of hydrogen-bond acceptors (Lipinski definition) is 3. The summed E-state index contributed by atoms with van der Waals surface area (Å²) in [7, 11) is -3.92. The highest BCUT2D eigenvalue weighted by Gasteiger charge is 2.18. The molecule has 3 rings (SSSR count). The third-order valence-corrected chi connectivity index (χ3v) is 4.89. The molecule has 0 spiro atoms. The Hall–Kier alpha value is -2.18. The summed E-state index contributed by atoms with van der Waals surface area (Å²) in [6.45, 7) is 0. The molecule has 112 valence electrons. The normalized spacial score (nSPS) is 11.5. The maximum absolute atomic E-state index is 13.0. The van der Waals surface area contributed by atoms with Crippen molar-refractivity contribution in [1.29, 1.82) is 0 Å². The molecule has 2 aromatic carbocycles. The third-order valence-electron chi connectivity index (χ3n) is 3.03. The van der Waals surface area contributed by atoms with Gasteiger partial charge in [-0.05, 0) is 30.3 Å². The second-order valence-electron chi connectivity index (χ2n) is 4.60. The van der Waals surface area contributed by atoms with Crippen LogP contribution in [-0.2, 0) is 10.0 Å². The molecule has 0 saturated heterocycles. The Labute approximate surface area is 131 Å². The van der Waals surface area contributed by atoms with Crippen LogP contribution in [0.1, 0.15) is 0 Å². The van der Waals surface area contributed by atoms with Crippen molar-refractivity contribution in [1.82, 2.24) is 4.98 Å². The summed E-state index contributed by atoms with van der Waals surface area (Å²) in [4.78, 5) is 3.98. The van der Waals surface area contributed by atoms with E-state index in [1.807, 2.05) is 24.3 Å². The lowest BCUT2D eigenvalue weighted by molar-refractivity contribution is 0.600. The third kappa shape index (κ3) is 2.88. The van der Waals surface area contributed by atoms with Gasteiger partial charge in [-0.3, -0.25) is 9.71 Å². The van der Waals surface area contributed by atoms with Gasteiger partial charge in [-0.25, -0.2) is 12.8 Å². The van der Waals surface area contributed by atoms with E-state index in [2.05, 4.69) is 9.71 Å². The second kappa shape index (κ2) is 5.55. The van der Waals surface area contributed by atoms with Gasteiger partial charge in [-0.2, -0.15) is 0 Å². The predicted octanol–water partition coefficient (Wildman–Crippen LogP) is 3.83. The summed E-state index contributed by atoms with van der Waals surface area (Å²) in [5.74, 6) is -0.601. The van der Waals surface area contributed by atoms with Crippen LogP contribution in [0.4, 0.5) is 10.1 Å². The maximum atomic E-state index is 13.0. The van der Waals surface area contributed by atoms with E-state index in [1.165, 1.54) is 6.20 Å². The predicted molar refractivity (Wildman–Crippen MR) is 84.0 cm³/mol. The number of halogens is 2. The topological polar surface area (TPSA) is 59.1 Å². The number of para-hydroxylation sites is 1. The van der Waals surface area contributed by atoms with Gasteiger partial charge >= 0.3 is 0 Å². The molecular weight excluding hydrogens is 327 g/mol. The van der Waals surface area contributed by atoms with Gasteiger partial charge in [0.05, 0.1) is 22.4 Å². The summed E-state index contributed by atoms with van der Waals surface area (Å²) < 4.78 is 40.1. The first-order valence-electron chi connectivity index (χ1n) is 6.28. The van der Waals surface area contributed by atoms with Crippen molar-refractivity contribution in [3.63, 3.8) is 0 Å². The SMILES string of the molecule is O=S(=O)(Nc1cnc2ccccc2c1)c1ccc(F)cc1Cl. The van der Waals surface area contributed by atoms with Crippen molar-refractivity contribution < 1.29 is 12.8 Å². The van der Waals surface area contributed by atoms with E-state index in [0.29, 0.717) is 5.69 Å². The molecule has 0 unspecified atom stereocenters. The monoisotopic (exact) mass is 336 g/mol. The summed E-state index contributed by atoms with van der Waals surface area (Å²) in [6, 6.07) is 12.1. The zero-order chi connectivity index (χ0) is 15.7. The van der Waals surface area contributed by atoms with E-state index < -0.39 is 15.8 Å². The summed E-state index contributed by atoms with van der Waals surface area (Å²) in [5, 5.41) is 0.620. The van der Waals surface area contributed by atoms with Gasteiger partial charge in [-0.15, -0.1) is 0 Å². The maximum Gasteiger partial charge on any atom is 0.263 e. The van der Waals surface area contributed by atoms with Crippen molar-refractivity contribution in [2.24, 2.45) is 0 Å². The number of aromatic nitrogens is 1. The van der Waals surface area contributed by atoms with Crippen LogP contribution >= 0.6 is 11.6 Å². The van der Waals surface area contributed by atoms with Crippen molar-refractivity contribution in [2.45, 2.75) is 4.90 Å². The molecule has 4 nitrogen and oxygen atoms in total. The van der Waals surface area contributed by atoms with Crippen LogP contribution < -0.4 is 4.72 Å². The zero-order valence-corrected chi connectivity index (χ0v) is 12.7. The lowest BCUT2D eigenvalue weighted by Gasteiger charge is -2.10. The zero-order valence-electron chi connectivity index (χ0n) is 11.1. The van der Waals surface area contributed by atoms with Crippen LogP contribution in [0.5, 0.6) is 0 Å². The lowest BCUT2D eigenvalue weighted by atomic mass is 10.2. The van der Waals surface area contributed by atoms with Gasteiger partial charge in [-0.1, -0.05) is 29.8 Å². The highest BCUT2D eigenvalue weighted by atomic mass is 35.5. The fraction of sp³-hybridized carbons (Fsp3) is 0. The standard InChI is InChI=1S/C15H10ClFN2O2S/c16-13-8-11(17)5-6-15(13)22(20,21)19-12-7-10-3-1-2-4-14(10)18-9-12/h1-9,19H. The molecule has 3 aromatic rings. The van der Waals surface area contributed by atoms with Crippen molar-refractivity contribution >= 4 is 38.2 Å². The molecule has 0 bridgehead atoms. The van der Waals surface area contributed by atoms with Gasteiger partial charge in [0.15, 0.2) is 0 Å². The van der Waals surface area contributed by atoms with E-state index in [-0.39, 0.29) is 9.92 Å². The van der Waals surface area contributed by atoms with Gasteiger partial charge in [0, 0.05) is 5.39 Å². The molecule has 0 aliphatic carbocycles. The fourth-order valence-corrected chi connectivity index (χ4v) is 3.60. The first kappa shape index (κ1) is 14.7. The number of fused-ring (bicyclic) bond motifs is 1. The largest absolute Gasteiger partial charge is 0.278 e. The van der Waals surface area contributed by atoms with E-state index in [1.54, 1.807) is 6.07 Å². The molecule has 0 atom stereocenters. The van der Waals surface area contributed by atoms with Crippen molar-refractivity contribution in [2.75, 3.05) is 4.72 Å². The molecular formula is C15H10ClFN2O2S. The minimum Gasteiger partial charge on any atom is -0.278 e. The van der Waals surface area contributed by atoms with Gasteiger partial charge < -0.3 is 0 Å². The second-order valence-corrected chi connectivity index (χ2v) is 6.65. The first-order chi connectivity index (χ1) is 10.5. The molecule has 1 N–H and O–H groups in total. The first-order valence-corrected chi connectivity index (χ1v) is 8.14. The number of rotatable bonds is 3. The van der Waals surface area contributed by atoms with E-state index >= 15 is 0 Å². The molecule has 22 heavy (non-hydrogen) atoms. The summed E-state index contributed by atoms with van der Waals surface area (Å²) in [6.07, 6.45) is 1.41. The van der Waals surface area contributed by atoms with Crippen LogP contribution in [0.3, 0.4) is 0 Å². The van der Waals surface area contributed by atoms with Gasteiger partial charge in [0.1, 0.15) is 10.7 Å². The number of nitrogens with one attached hydrogen (secondary N) is 1. The lowest BCUT2D eigenvalue weighted by Crippen LogP contribution is -2.13. The number of sulfonamides is 1. The Morgan fingerprint density at radius 2 is 1.86 bits per heavy atom.